The van der Waals surface area contributed by atoms with E-state index in [1.165, 1.54) is 222 Å². The zero-order chi connectivity index (χ0) is 102. The molecule has 0 N–H and O–H groups in total. The molecule has 0 radical (unpaired) electrons. The maximum absolute atomic E-state index is 6.47. The summed E-state index contributed by atoms with van der Waals surface area (Å²) in [4.78, 5) is 7.47. The van der Waals surface area contributed by atoms with Gasteiger partial charge in [0.1, 0.15) is 11.2 Å². The quantitative estimate of drug-likeness (QED) is 0.144. The molecule has 0 amide bonds. The highest BCUT2D eigenvalue weighted by Crippen LogP contribution is 2.65. The normalized spacial score (nSPS) is 16.6. The Labute approximate surface area is 873 Å². The molecule has 4 nitrogen and oxygen atoms in total. The SMILES string of the molecule is CC1(C)c2cc(N(c3ccc4c(c3)C(C)(C)C(C)(C)c3ccccc3-4)c3ccc4c(c3)oc3ccccc34)ccc2-c2c1ccc1ccccc21.CC1(C)c2cc(N(c3ccccc3)c3ccc4c(c3)C(C)(C)C(C)(C)c3ccccc3-4)ccc2-c2c1ccc1ccccc21.CC1(C)c2ccccc2-c2ccc(N(c3ccc4c(c3)C(C)(C)C(C)(C)c3ccccc3-4)c3cc4ccccc4c4c3-c3ccccc3C4(C)C)cc21. The summed E-state index contributed by atoms with van der Waals surface area (Å²) in [5.41, 5.74) is 49.8. The fourth-order valence-corrected chi connectivity index (χ4v) is 27.7. The van der Waals surface area contributed by atoms with Gasteiger partial charge in [0, 0.05) is 89.6 Å². The Balaban J connectivity index is 0.000000113. The van der Waals surface area contributed by atoms with Gasteiger partial charge < -0.3 is 19.1 Å². The number of nitrogens with zero attached hydrogens (tertiary/aromatic N) is 3. The zero-order valence-electron chi connectivity index (χ0n) is 88.9. The molecule has 0 saturated carbocycles. The molecule has 7 aliphatic rings. The van der Waals surface area contributed by atoms with Gasteiger partial charge in [0.2, 0.25) is 0 Å². The van der Waals surface area contributed by atoms with Gasteiger partial charge in [-0.25, -0.2) is 0 Å². The molecule has 0 atom stereocenters. The number of rotatable bonds is 9. The van der Waals surface area contributed by atoms with E-state index in [1.807, 2.05) is 6.07 Å². The lowest BCUT2D eigenvalue weighted by molar-refractivity contribution is 0.299. The van der Waals surface area contributed by atoms with E-state index < -0.39 is 0 Å². The molecule has 0 unspecified atom stereocenters. The number of benzene rings is 20. The minimum Gasteiger partial charge on any atom is -0.456 e. The van der Waals surface area contributed by atoms with E-state index in [2.05, 4.69) is 554 Å². The summed E-state index contributed by atoms with van der Waals surface area (Å²) >= 11 is 0. The second kappa shape index (κ2) is 32.4. The highest BCUT2D eigenvalue weighted by Gasteiger charge is 2.52. The fourth-order valence-electron chi connectivity index (χ4n) is 27.7. The van der Waals surface area contributed by atoms with E-state index >= 15 is 0 Å². The number of para-hydroxylation sites is 2. The molecule has 1 aromatic heterocycles. The second-order valence-corrected chi connectivity index (χ2v) is 48.3. The van der Waals surface area contributed by atoms with Crippen LogP contribution in [0.5, 0.6) is 0 Å². The standard InChI is InChI=1S/C52H47N.C49H41NO.C43H39N/c1-49(2)41-22-14-11-19-36(41)38-27-25-33(30-44(38)49)53(34-26-28-39-37-20-12-16-24-43(37)51(5,6)52(7,8)45(39)31-34)46-29-32-17-9-10-18-35(32)48-47(46)40-21-13-15-23-42(40)50(48,3)4;1-47(2)41-26-19-30-13-7-8-14-34(30)46(41)39-25-22-31(27-42(39)47)50(33-21-24-38-37-16-10-12-18-44(37)51-45(38)29-33)32-20-23-36-35-15-9-11-17-40(35)48(3,4)49(5,6)43(36)28-32;1-41(2)37-25-20-28-14-10-11-17-32(28)40(37)35-24-22-30(26-38(35)41)44(29-15-8-7-9-16-29)31-21-23-34-33-18-12-13-19-36(33)42(3,4)43(5,6)39(34)27-31/h9-31H,1-8H3;7-29H,1-6H3;7-27H,1-6H3. The van der Waals surface area contributed by atoms with E-state index in [0.29, 0.717) is 0 Å². The van der Waals surface area contributed by atoms with Crippen LogP contribution in [0.2, 0.25) is 0 Å². The summed E-state index contributed by atoms with van der Waals surface area (Å²) in [6.07, 6.45) is 0. The molecule has 0 saturated heterocycles. The maximum Gasteiger partial charge on any atom is 0.137 e. The molecule has 20 aromatic carbocycles. The van der Waals surface area contributed by atoms with Gasteiger partial charge in [-0.2, -0.15) is 0 Å². The smallest absolute Gasteiger partial charge is 0.137 e. The van der Waals surface area contributed by atoms with E-state index in [9.17, 15) is 0 Å². The van der Waals surface area contributed by atoms with E-state index in [1.54, 1.807) is 0 Å². The van der Waals surface area contributed by atoms with Crippen LogP contribution in [0.15, 0.2) is 411 Å². The molecule has 1 heterocycles. The van der Waals surface area contributed by atoms with Crippen LogP contribution in [0.3, 0.4) is 0 Å². The number of hydrogen-bond donors (Lipinski definition) is 0. The van der Waals surface area contributed by atoms with Crippen LogP contribution in [0.25, 0.3) is 132 Å². The van der Waals surface area contributed by atoms with Crippen LogP contribution in [-0.4, -0.2) is 0 Å². The number of hydrogen-bond acceptors (Lipinski definition) is 4. The summed E-state index contributed by atoms with van der Waals surface area (Å²) < 4.78 is 6.47. The van der Waals surface area contributed by atoms with Gasteiger partial charge in [0.15, 0.2) is 0 Å². The first-order valence-electron chi connectivity index (χ1n) is 53.3. The van der Waals surface area contributed by atoms with Crippen LogP contribution < -0.4 is 14.7 Å². The van der Waals surface area contributed by atoms with Gasteiger partial charge in [0.05, 0.1) is 5.69 Å². The van der Waals surface area contributed by atoms with Crippen molar-refractivity contribution in [1.82, 2.24) is 0 Å². The van der Waals surface area contributed by atoms with E-state index in [-0.39, 0.29) is 54.1 Å². The lowest BCUT2D eigenvalue weighted by Crippen LogP contribution is -2.43. The third-order valence-electron chi connectivity index (χ3n) is 38.0. The first-order chi connectivity index (χ1) is 71.0. The average molecular weight is 1920 g/mol. The van der Waals surface area contributed by atoms with E-state index in [4.69, 9.17) is 4.42 Å². The topological polar surface area (TPSA) is 22.9 Å². The first-order valence-corrected chi connectivity index (χ1v) is 53.3. The van der Waals surface area contributed by atoms with Crippen molar-refractivity contribution in [2.24, 2.45) is 0 Å². The van der Waals surface area contributed by atoms with Crippen molar-refractivity contribution in [3.63, 3.8) is 0 Å². The minimum absolute atomic E-state index is 0.0149. The van der Waals surface area contributed by atoms with Crippen LogP contribution >= 0.6 is 0 Å². The van der Waals surface area contributed by atoms with E-state index in [0.717, 1.165) is 39.0 Å². The van der Waals surface area contributed by atoms with Crippen LogP contribution in [0.1, 0.15) is 216 Å². The van der Waals surface area contributed by atoms with Gasteiger partial charge in [-0.15, -0.1) is 0 Å². The summed E-state index contributed by atoms with van der Waals surface area (Å²) in [7, 11) is 0. The summed E-state index contributed by atoms with van der Waals surface area (Å²) in [6.45, 7) is 48.1. The lowest BCUT2D eigenvalue weighted by atomic mass is 9.55. The predicted octanol–water partition coefficient (Wildman–Crippen LogP) is 39.8. The van der Waals surface area contributed by atoms with Gasteiger partial charge in [-0.3, -0.25) is 0 Å². The molecule has 148 heavy (non-hydrogen) atoms. The first kappa shape index (κ1) is 92.3. The van der Waals surface area contributed by atoms with Gasteiger partial charge in [0.25, 0.3) is 0 Å². The Morgan fingerprint density at radius 3 is 0.892 bits per heavy atom. The van der Waals surface area contributed by atoms with Gasteiger partial charge >= 0.3 is 0 Å². The summed E-state index contributed by atoms with van der Waals surface area (Å²) in [5.74, 6) is 0. The van der Waals surface area contributed by atoms with Crippen molar-refractivity contribution in [3.05, 3.63) is 484 Å². The summed E-state index contributed by atoms with van der Waals surface area (Å²) in [6, 6.07) is 152. The molecule has 4 heteroatoms. The zero-order valence-corrected chi connectivity index (χ0v) is 88.9. The van der Waals surface area contributed by atoms with Crippen molar-refractivity contribution < 1.29 is 4.42 Å². The Hall–Kier alpha value is -15.6. The Kier molecular flexibility index (Phi) is 20.2. The molecule has 724 valence electrons. The minimum atomic E-state index is -0.152. The van der Waals surface area contributed by atoms with Crippen LogP contribution in [-0.2, 0) is 54.1 Å². The third-order valence-corrected chi connectivity index (χ3v) is 38.0. The lowest BCUT2D eigenvalue weighted by Gasteiger charge is -2.48. The fraction of sp³-hybridized carbons (Fsp3) is 0.208. The monoisotopic (exact) mass is 1910 g/mol. The highest BCUT2D eigenvalue weighted by atomic mass is 16.3. The Morgan fingerprint density at radius 2 is 0.439 bits per heavy atom. The predicted molar refractivity (Wildman–Crippen MR) is 628 cm³/mol. The maximum atomic E-state index is 6.47. The number of anilines is 9. The van der Waals surface area contributed by atoms with Crippen molar-refractivity contribution >= 4 is 105 Å². The highest BCUT2D eigenvalue weighted by molar-refractivity contribution is 6.10. The Morgan fingerprint density at radius 1 is 0.155 bits per heavy atom. The third kappa shape index (κ3) is 13.2. The molecule has 0 bridgehead atoms. The molecule has 0 aliphatic heterocycles. The van der Waals surface area contributed by atoms with Crippen molar-refractivity contribution in [1.29, 1.82) is 0 Å². The molecule has 0 spiro atoms. The molecular weight excluding hydrogens is 1790 g/mol. The molecule has 0 fully saturated rings. The number of furan rings is 1. The van der Waals surface area contributed by atoms with Crippen molar-refractivity contribution in [2.75, 3.05) is 14.7 Å². The molecule has 28 rings (SSSR count). The molecule has 21 aromatic rings. The Bertz CT molecular complexity index is 9190. The van der Waals surface area contributed by atoms with Gasteiger partial charge in [-0.1, -0.05) is 430 Å². The largest absolute Gasteiger partial charge is 0.456 e. The summed E-state index contributed by atoms with van der Waals surface area (Å²) in [5, 5.41) is 10.1. The van der Waals surface area contributed by atoms with Crippen LogP contribution in [0, 0.1) is 0 Å². The second-order valence-electron chi connectivity index (χ2n) is 48.3. The van der Waals surface area contributed by atoms with Crippen LogP contribution in [0.4, 0.5) is 51.2 Å². The molecular formula is C144H127N3O. The average Bonchev–Trinajstić information content (AvgIpc) is 0.996. The van der Waals surface area contributed by atoms with Crippen molar-refractivity contribution in [3.8, 4) is 77.9 Å². The molecule has 7 aliphatic carbocycles. The van der Waals surface area contributed by atoms with Crippen molar-refractivity contribution in [2.45, 2.75) is 193 Å². The number of fused-ring (bicyclic) bond motifs is 30. The van der Waals surface area contributed by atoms with Gasteiger partial charge in [-0.05, 0) is 324 Å².